The van der Waals surface area contributed by atoms with E-state index in [0.717, 1.165) is 36.2 Å². The maximum atomic E-state index is 12.5. The van der Waals surface area contributed by atoms with Crippen LogP contribution in [0.3, 0.4) is 0 Å². The van der Waals surface area contributed by atoms with Crippen molar-refractivity contribution in [3.63, 3.8) is 0 Å². The molecule has 0 bridgehead atoms. The third-order valence-corrected chi connectivity index (χ3v) is 4.88. The first-order valence-corrected chi connectivity index (χ1v) is 7.57. The van der Waals surface area contributed by atoms with Crippen molar-refractivity contribution in [1.29, 1.82) is 0 Å². The predicted octanol–water partition coefficient (Wildman–Crippen LogP) is 3.13. The Morgan fingerprint density at radius 1 is 1.40 bits per heavy atom. The molecule has 108 valence electrons. The number of amides is 1. The van der Waals surface area contributed by atoms with Crippen LogP contribution in [0, 0.1) is 5.92 Å². The van der Waals surface area contributed by atoms with Gasteiger partial charge in [0.25, 0.3) is 5.91 Å². The van der Waals surface area contributed by atoms with Gasteiger partial charge in [-0.1, -0.05) is 18.2 Å². The number of fused-ring (bicyclic) bond motifs is 1. The molecule has 3 rings (SSSR count). The van der Waals surface area contributed by atoms with Crippen LogP contribution in [-0.4, -0.2) is 30.4 Å². The van der Waals surface area contributed by atoms with Gasteiger partial charge in [0.2, 0.25) is 0 Å². The van der Waals surface area contributed by atoms with Crippen molar-refractivity contribution in [2.24, 2.45) is 11.7 Å². The number of carbonyl (C=O) groups is 1. The van der Waals surface area contributed by atoms with Crippen LogP contribution in [0.1, 0.15) is 22.5 Å². The van der Waals surface area contributed by atoms with E-state index in [4.69, 9.17) is 5.73 Å². The Balaban J connectivity index is 0.00000147. The number of likely N-dealkylation sites (tertiary alicyclic amines) is 1. The van der Waals surface area contributed by atoms with Crippen molar-refractivity contribution in [3.8, 4) is 0 Å². The molecule has 20 heavy (non-hydrogen) atoms. The highest BCUT2D eigenvalue weighted by Crippen LogP contribution is 2.27. The molecule has 1 aliphatic heterocycles. The molecule has 1 amide bonds. The fourth-order valence-corrected chi connectivity index (χ4v) is 3.72. The number of halogens is 1. The zero-order valence-electron chi connectivity index (χ0n) is 11.2. The molecule has 1 aromatic carbocycles. The summed E-state index contributed by atoms with van der Waals surface area (Å²) in [5.41, 5.74) is 5.73. The van der Waals surface area contributed by atoms with Crippen LogP contribution in [0.2, 0.25) is 0 Å². The van der Waals surface area contributed by atoms with Gasteiger partial charge in [-0.15, -0.1) is 23.7 Å². The van der Waals surface area contributed by atoms with E-state index in [1.807, 2.05) is 23.1 Å². The molecule has 0 saturated carbocycles. The van der Waals surface area contributed by atoms with E-state index < -0.39 is 0 Å². The second kappa shape index (κ2) is 6.57. The van der Waals surface area contributed by atoms with Crippen LogP contribution in [0.5, 0.6) is 0 Å². The number of carbonyl (C=O) groups excluding carboxylic acids is 1. The number of piperidine rings is 1. The number of nitrogens with two attached hydrogens (primary N) is 1. The molecular weight excluding hydrogens is 292 g/mol. The predicted molar refractivity (Wildman–Crippen MR) is 86.8 cm³/mol. The molecule has 0 radical (unpaired) electrons. The summed E-state index contributed by atoms with van der Waals surface area (Å²) >= 11 is 1.59. The fraction of sp³-hybridized carbons (Fsp3) is 0.400. The van der Waals surface area contributed by atoms with Gasteiger partial charge in [0.05, 0.1) is 4.88 Å². The Bertz CT molecular complexity index is 565. The molecule has 1 aliphatic rings. The van der Waals surface area contributed by atoms with Gasteiger partial charge in [-0.05, 0) is 42.8 Å². The second-order valence-corrected chi connectivity index (χ2v) is 6.23. The van der Waals surface area contributed by atoms with Gasteiger partial charge < -0.3 is 10.6 Å². The monoisotopic (exact) mass is 310 g/mol. The third-order valence-electron chi connectivity index (χ3n) is 3.78. The zero-order valence-corrected chi connectivity index (χ0v) is 12.9. The third kappa shape index (κ3) is 2.97. The van der Waals surface area contributed by atoms with Crippen LogP contribution < -0.4 is 5.73 Å². The zero-order chi connectivity index (χ0) is 13.2. The van der Waals surface area contributed by atoms with Crippen LogP contribution >= 0.6 is 23.7 Å². The average molecular weight is 311 g/mol. The molecule has 2 aromatic rings. The topological polar surface area (TPSA) is 46.3 Å². The lowest BCUT2D eigenvalue weighted by molar-refractivity contribution is 0.0683. The number of thiophene rings is 1. The second-order valence-electron chi connectivity index (χ2n) is 5.14. The van der Waals surface area contributed by atoms with E-state index in [1.165, 1.54) is 4.70 Å². The van der Waals surface area contributed by atoms with E-state index >= 15 is 0 Å². The SMILES string of the molecule is Cl.NCC1CCCN(C(=O)c2cc3ccccc3s2)C1. The van der Waals surface area contributed by atoms with E-state index in [0.29, 0.717) is 12.5 Å². The molecule has 3 nitrogen and oxygen atoms in total. The number of hydrogen-bond acceptors (Lipinski definition) is 3. The summed E-state index contributed by atoms with van der Waals surface area (Å²) in [6.07, 6.45) is 2.21. The van der Waals surface area contributed by atoms with Crippen LogP contribution in [0.25, 0.3) is 10.1 Å². The van der Waals surface area contributed by atoms with Gasteiger partial charge in [-0.25, -0.2) is 0 Å². The molecule has 1 atom stereocenters. The molecule has 1 saturated heterocycles. The smallest absolute Gasteiger partial charge is 0.263 e. The highest BCUT2D eigenvalue weighted by molar-refractivity contribution is 7.20. The number of rotatable bonds is 2. The molecule has 2 heterocycles. The summed E-state index contributed by atoms with van der Waals surface area (Å²) < 4.78 is 1.18. The molecular formula is C15H19ClN2OS. The van der Waals surface area contributed by atoms with Crippen molar-refractivity contribution < 1.29 is 4.79 Å². The number of hydrogen-bond donors (Lipinski definition) is 1. The lowest BCUT2D eigenvalue weighted by Gasteiger charge is -2.31. The van der Waals surface area contributed by atoms with Gasteiger partial charge in [0.15, 0.2) is 0 Å². The Kier molecular flexibility index (Phi) is 5.02. The minimum Gasteiger partial charge on any atom is -0.338 e. The number of benzene rings is 1. The van der Waals surface area contributed by atoms with Gasteiger partial charge in [0.1, 0.15) is 0 Å². The highest BCUT2D eigenvalue weighted by atomic mass is 35.5. The molecule has 0 aliphatic carbocycles. The first-order valence-electron chi connectivity index (χ1n) is 6.76. The summed E-state index contributed by atoms with van der Waals surface area (Å²) in [7, 11) is 0. The molecule has 0 spiro atoms. The largest absolute Gasteiger partial charge is 0.338 e. The van der Waals surface area contributed by atoms with Gasteiger partial charge in [0, 0.05) is 17.8 Å². The van der Waals surface area contributed by atoms with E-state index in [2.05, 4.69) is 12.1 Å². The fourth-order valence-electron chi connectivity index (χ4n) is 2.69. The summed E-state index contributed by atoms with van der Waals surface area (Å²) in [4.78, 5) is 15.3. The summed E-state index contributed by atoms with van der Waals surface area (Å²) in [5, 5.41) is 1.16. The van der Waals surface area contributed by atoms with Crippen molar-refractivity contribution in [3.05, 3.63) is 35.2 Å². The van der Waals surface area contributed by atoms with Crippen molar-refractivity contribution in [2.45, 2.75) is 12.8 Å². The molecule has 2 N–H and O–H groups in total. The summed E-state index contributed by atoms with van der Waals surface area (Å²) in [6, 6.07) is 10.2. The van der Waals surface area contributed by atoms with Crippen LogP contribution in [-0.2, 0) is 0 Å². The minimum atomic E-state index is 0. The first-order chi connectivity index (χ1) is 9.28. The number of nitrogens with zero attached hydrogens (tertiary/aromatic N) is 1. The molecule has 1 unspecified atom stereocenters. The molecule has 1 fully saturated rings. The summed E-state index contributed by atoms with van der Waals surface area (Å²) in [5.74, 6) is 0.631. The van der Waals surface area contributed by atoms with E-state index in [-0.39, 0.29) is 18.3 Å². The van der Waals surface area contributed by atoms with E-state index in [1.54, 1.807) is 11.3 Å². The highest BCUT2D eigenvalue weighted by Gasteiger charge is 2.24. The summed E-state index contributed by atoms with van der Waals surface area (Å²) in [6.45, 7) is 2.35. The van der Waals surface area contributed by atoms with Gasteiger partial charge in [-0.2, -0.15) is 0 Å². The Hall–Kier alpha value is -1.10. The van der Waals surface area contributed by atoms with Gasteiger partial charge in [-0.3, -0.25) is 4.79 Å². The van der Waals surface area contributed by atoms with Crippen molar-refractivity contribution in [1.82, 2.24) is 4.90 Å². The van der Waals surface area contributed by atoms with Crippen molar-refractivity contribution >= 4 is 39.7 Å². The maximum absolute atomic E-state index is 12.5. The maximum Gasteiger partial charge on any atom is 0.263 e. The average Bonchev–Trinajstić information content (AvgIpc) is 2.90. The van der Waals surface area contributed by atoms with E-state index in [9.17, 15) is 4.79 Å². The van der Waals surface area contributed by atoms with Crippen molar-refractivity contribution in [2.75, 3.05) is 19.6 Å². The Morgan fingerprint density at radius 2 is 2.20 bits per heavy atom. The quantitative estimate of drug-likeness (QED) is 0.926. The normalized spacial score (nSPS) is 18.9. The lowest BCUT2D eigenvalue weighted by atomic mass is 9.98. The molecule has 5 heteroatoms. The van der Waals surface area contributed by atoms with Crippen LogP contribution in [0.15, 0.2) is 30.3 Å². The lowest BCUT2D eigenvalue weighted by Crippen LogP contribution is -2.41. The minimum absolute atomic E-state index is 0. The first kappa shape index (κ1) is 15.3. The Morgan fingerprint density at radius 3 is 2.95 bits per heavy atom. The molecule has 1 aromatic heterocycles. The standard InChI is InChI=1S/C15H18N2OS.ClH/c16-9-11-4-3-7-17(10-11)15(18)14-8-12-5-1-2-6-13(12)19-14;/h1-2,5-6,8,11H,3-4,7,9-10,16H2;1H. The van der Waals surface area contributed by atoms with Crippen LogP contribution in [0.4, 0.5) is 0 Å². The van der Waals surface area contributed by atoms with Gasteiger partial charge >= 0.3 is 0 Å². The Labute approximate surface area is 129 Å².